The Kier molecular flexibility index (Phi) is 5.89. The molecule has 1 heterocycles. The molecule has 31 heavy (non-hydrogen) atoms. The molecule has 3 aromatic carbocycles. The van der Waals surface area contributed by atoms with Crippen LogP contribution in [-0.4, -0.2) is 15.7 Å². The van der Waals surface area contributed by atoms with E-state index in [1.165, 1.54) is 6.07 Å². The maximum atomic E-state index is 13.5. The van der Waals surface area contributed by atoms with Gasteiger partial charge in [-0.15, -0.1) is 0 Å². The first-order chi connectivity index (χ1) is 15.0. The number of halogens is 2. The molecule has 1 amide bonds. The fourth-order valence-electron chi connectivity index (χ4n) is 3.44. The van der Waals surface area contributed by atoms with Gasteiger partial charge in [-0.25, -0.2) is 8.78 Å². The molecule has 0 saturated carbocycles. The van der Waals surface area contributed by atoms with Crippen LogP contribution in [0.3, 0.4) is 0 Å². The van der Waals surface area contributed by atoms with E-state index in [4.69, 9.17) is 0 Å². The van der Waals surface area contributed by atoms with E-state index in [0.717, 1.165) is 28.8 Å². The molecule has 6 heteroatoms. The predicted octanol–water partition coefficient (Wildman–Crippen LogP) is 5.37. The third-order valence-corrected chi connectivity index (χ3v) is 5.13. The standard InChI is InChI=1S/C25H21F2N3O/c1-17(20-11-12-23(26)24(27)15-20)29-25(31)22-6-3-2-5-21(22)19-9-7-18(8-10-19)16-30-14-4-13-28-30/h2-15,17H,16H2,1H3,(H,29,31)/t17-/m0/s1. The molecule has 1 N–H and O–H groups in total. The van der Waals surface area contributed by atoms with E-state index < -0.39 is 17.7 Å². The minimum atomic E-state index is -0.936. The number of carbonyl (C=O) groups is 1. The number of nitrogens with zero attached hydrogens (tertiary/aromatic N) is 2. The van der Waals surface area contributed by atoms with Gasteiger partial charge in [-0.05, 0) is 53.4 Å². The van der Waals surface area contributed by atoms with Crippen LogP contribution in [0.2, 0.25) is 0 Å². The van der Waals surface area contributed by atoms with E-state index in [-0.39, 0.29) is 5.91 Å². The first-order valence-electron chi connectivity index (χ1n) is 9.93. The Labute approximate surface area is 179 Å². The van der Waals surface area contributed by atoms with Gasteiger partial charge in [0.05, 0.1) is 12.6 Å². The van der Waals surface area contributed by atoms with Crippen molar-refractivity contribution in [3.8, 4) is 11.1 Å². The number of carbonyl (C=O) groups excluding carboxylic acids is 1. The van der Waals surface area contributed by atoms with Crippen molar-refractivity contribution in [2.45, 2.75) is 19.5 Å². The molecule has 0 fully saturated rings. The Morgan fingerprint density at radius 3 is 2.48 bits per heavy atom. The molecule has 156 valence electrons. The molecule has 0 saturated heterocycles. The SMILES string of the molecule is C[C@H](NC(=O)c1ccccc1-c1ccc(Cn2cccn2)cc1)c1ccc(F)c(F)c1. The summed E-state index contributed by atoms with van der Waals surface area (Å²) in [6.07, 6.45) is 3.65. The van der Waals surface area contributed by atoms with Gasteiger partial charge in [0.1, 0.15) is 0 Å². The van der Waals surface area contributed by atoms with Crippen molar-refractivity contribution < 1.29 is 13.6 Å². The minimum Gasteiger partial charge on any atom is -0.345 e. The van der Waals surface area contributed by atoms with Crippen molar-refractivity contribution in [1.29, 1.82) is 0 Å². The average molecular weight is 417 g/mol. The second-order valence-corrected chi connectivity index (χ2v) is 7.31. The van der Waals surface area contributed by atoms with E-state index in [2.05, 4.69) is 10.4 Å². The second-order valence-electron chi connectivity index (χ2n) is 7.31. The fourth-order valence-corrected chi connectivity index (χ4v) is 3.44. The molecule has 0 bridgehead atoms. The second kappa shape index (κ2) is 8.92. The molecule has 0 spiro atoms. The normalized spacial score (nSPS) is 11.8. The van der Waals surface area contributed by atoms with Gasteiger partial charge in [0.25, 0.3) is 5.91 Å². The van der Waals surface area contributed by atoms with Gasteiger partial charge in [-0.2, -0.15) is 5.10 Å². The average Bonchev–Trinajstić information content (AvgIpc) is 3.29. The van der Waals surface area contributed by atoms with Crippen LogP contribution in [0, 0.1) is 11.6 Å². The zero-order chi connectivity index (χ0) is 21.8. The molecule has 0 aliphatic carbocycles. The summed E-state index contributed by atoms with van der Waals surface area (Å²) in [4.78, 5) is 13.0. The molecule has 1 aromatic heterocycles. The van der Waals surface area contributed by atoms with E-state index in [9.17, 15) is 13.6 Å². The molecule has 0 unspecified atom stereocenters. The summed E-state index contributed by atoms with van der Waals surface area (Å²) in [6.45, 7) is 2.40. The Morgan fingerprint density at radius 1 is 1.00 bits per heavy atom. The number of hydrogen-bond donors (Lipinski definition) is 1. The largest absolute Gasteiger partial charge is 0.345 e. The van der Waals surface area contributed by atoms with Gasteiger partial charge >= 0.3 is 0 Å². The molecule has 1 atom stereocenters. The molecule has 4 nitrogen and oxygen atoms in total. The smallest absolute Gasteiger partial charge is 0.252 e. The van der Waals surface area contributed by atoms with E-state index >= 15 is 0 Å². The molecule has 0 radical (unpaired) electrons. The fraction of sp³-hybridized carbons (Fsp3) is 0.120. The quantitative estimate of drug-likeness (QED) is 0.459. The third kappa shape index (κ3) is 4.69. The highest BCUT2D eigenvalue weighted by molar-refractivity contribution is 6.01. The number of aromatic nitrogens is 2. The zero-order valence-corrected chi connectivity index (χ0v) is 16.9. The van der Waals surface area contributed by atoms with Crippen molar-refractivity contribution in [2.75, 3.05) is 0 Å². The highest BCUT2D eigenvalue weighted by atomic mass is 19.2. The van der Waals surface area contributed by atoms with Crippen LogP contribution in [-0.2, 0) is 6.54 Å². The lowest BCUT2D eigenvalue weighted by atomic mass is 9.97. The summed E-state index contributed by atoms with van der Waals surface area (Å²) in [5.74, 6) is -2.13. The van der Waals surface area contributed by atoms with Crippen molar-refractivity contribution in [1.82, 2.24) is 15.1 Å². The number of hydrogen-bond acceptors (Lipinski definition) is 2. The highest BCUT2D eigenvalue weighted by Crippen LogP contribution is 2.25. The first-order valence-corrected chi connectivity index (χ1v) is 9.93. The Balaban J connectivity index is 1.53. The summed E-state index contributed by atoms with van der Waals surface area (Å²) in [5.41, 5.74) is 3.81. The molecular weight excluding hydrogens is 396 g/mol. The summed E-state index contributed by atoms with van der Waals surface area (Å²) in [5, 5.41) is 7.08. The van der Waals surface area contributed by atoms with Gasteiger partial charge in [0.15, 0.2) is 11.6 Å². The maximum absolute atomic E-state index is 13.5. The van der Waals surface area contributed by atoms with Crippen molar-refractivity contribution in [2.24, 2.45) is 0 Å². The van der Waals surface area contributed by atoms with Gasteiger partial charge in [-0.1, -0.05) is 48.5 Å². The Bertz CT molecular complexity index is 1190. The van der Waals surface area contributed by atoms with Crippen molar-refractivity contribution >= 4 is 5.91 Å². The highest BCUT2D eigenvalue weighted by Gasteiger charge is 2.16. The minimum absolute atomic E-state index is 0.284. The molecule has 0 aliphatic heterocycles. The van der Waals surface area contributed by atoms with E-state index in [1.54, 1.807) is 25.3 Å². The number of rotatable bonds is 6. The maximum Gasteiger partial charge on any atom is 0.252 e. The van der Waals surface area contributed by atoms with Crippen molar-refractivity contribution in [3.63, 3.8) is 0 Å². The zero-order valence-electron chi connectivity index (χ0n) is 16.9. The van der Waals surface area contributed by atoms with Gasteiger partial charge in [0, 0.05) is 18.0 Å². The molecule has 4 aromatic rings. The molecule has 4 rings (SSSR count). The van der Waals surface area contributed by atoms with Crippen LogP contribution in [0.15, 0.2) is 85.2 Å². The first kappa shape index (κ1) is 20.5. The van der Waals surface area contributed by atoms with Gasteiger partial charge < -0.3 is 5.32 Å². The van der Waals surface area contributed by atoms with Crippen LogP contribution < -0.4 is 5.32 Å². The van der Waals surface area contributed by atoms with Crippen LogP contribution in [0.5, 0.6) is 0 Å². The lowest BCUT2D eigenvalue weighted by Crippen LogP contribution is -2.27. The molecule has 0 aliphatic rings. The van der Waals surface area contributed by atoms with Gasteiger partial charge in [-0.3, -0.25) is 9.48 Å². The Morgan fingerprint density at radius 2 is 1.77 bits per heavy atom. The van der Waals surface area contributed by atoms with Crippen LogP contribution in [0.25, 0.3) is 11.1 Å². The lowest BCUT2D eigenvalue weighted by Gasteiger charge is -2.16. The van der Waals surface area contributed by atoms with E-state index in [1.807, 2.05) is 53.3 Å². The number of nitrogens with one attached hydrogen (secondary N) is 1. The summed E-state index contributed by atoms with van der Waals surface area (Å²) in [6, 6.07) is 20.3. The van der Waals surface area contributed by atoms with Crippen LogP contribution in [0.4, 0.5) is 8.78 Å². The van der Waals surface area contributed by atoms with E-state index in [0.29, 0.717) is 17.7 Å². The lowest BCUT2D eigenvalue weighted by molar-refractivity contribution is 0.0940. The van der Waals surface area contributed by atoms with Crippen molar-refractivity contribution in [3.05, 3.63) is 114 Å². The van der Waals surface area contributed by atoms with Crippen LogP contribution >= 0.6 is 0 Å². The summed E-state index contributed by atoms with van der Waals surface area (Å²) in [7, 11) is 0. The van der Waals surface area contributed by atoms with Crippen LogP contribution in [0.1, 0.15) is 34.5 Å². The third-order valence-electron chi connectivity index (χ3n) is 5.13. The number of amides is 1. The molecular formula is C25H21F2N3O. The number of benzene rings is 3. The summed E-state index contributed by atoms with van der Waals surface area (Å²) < 4.78 is 28.6. The topological polar surface area (TPSA) is 46.9 Å². The predicted molar refractivity (Wildman–Crippen MR) is 115 cm³/mol. The monoisotopic (exact) mass is 417 g/mol. The summed E-state index contributed by atoms with van der Waals surface area (Å²) >= 11 is 0. The van der Waals surface area contributed by atoms with Gasteiger partial charge in [0.2, 0.25) is 0 Å². The Hall–Kier alpha value is -3.80.